The minimum Gasteiger partial charge on any atom is -0.396 e. The molecule has 5 heteroatoms. The topological polar surface area (TPSA) is 60.2 Å². The van der Waals surface area contributed by atoms with Gasteiger partial charge >= 0.3 is 0 Å². The zero-order chi connectivity index (χ0) is 11.5. The lowest BCUT2D eigenvalue weighted by Crippen LogP contribution is -2.32. The minimum absolute atomic E-state index is 0.256. The molecule has 0 atom stereocenters. The summed E-state index contributed by atoms with van der Waals surface area (Å²) in [6.07, 6.45) is 1.56. The molecule has 0 saturated carbocycles. The molecule has 1 aromatic heterocycles. The van der Waals surface area contributed by atoms with E-state index in [0.29, 0.717) is 23.1 Å². The van der Waals surface area contributed by atoms with Crippen LogP contribution in [-0.4, -0.2) is 24.2 Å². The van der Waals surface area contributed by atoms with E-state index in [1.165, 1.54) is 0 Å². The summed E-state index contributed by atoms with van der Waals surface area (Å²) in [6, 6.07) is 1.66. The molecular formula is C10H16ClN3O. The maximum Gasteiger partial charge on any atom is 0.149 e. The average Bonchev–Trinajstić information content (AvgIpc) is 2.16. The maximum absolute atomic E-state index is 5.74. The number of nitrogens with one attached hydrogen (secondary N) is 1. The fourth-order valence-electron chi connectivity index (χ4n) is 0.971. The largest absolute Gasteiger partial charge is 0.396 e. The lowest BCUT2D eigenvalue weighted by atomic mass is 10.1. The van der Waals surface area contributed by atoms with Gasteiger partial charge in [-0.15, -0.1) is 0 Å². The monoisotopic (exact) mass is 229 g/mol. The van der Waals surface area contributed by atoms with Crippen LogP contribution in [0.15, 0.2) is 12.3 Å². The van der Waals surface area contributed by atoms with Crippen LogP contribution in [0.3, 0.4) is 0 Å². The highest BCUT2D eigenvalue weighted by Gasteiger charge is 2.16. The van der Waals surface area contributed by atoms with Crippen LogP contribution in [0.5, 0.6) is 0 Å². The predicted octanol–water partition coefficient (Wildman–Crippen LogP) is 2.15. The Morgan fingerprint density at radius 2 is 2.27 bits per heavy atom. The Morgan fingerprint density at radius 1 is 1.60 bits per heavy atom. The third-order valence-corrected chi connectivity index (χ3v) is 2.32. The van der Waals surface area contributed by atoms with Crippen LogP contribution < -0.4 is 11.1 Å². The number of halogens is 1. The highest BCUT2D eigenvalue weighted by Crippen LogP contribution is 2.20. The summed E-state index contributed by atoms with van der Waals surface area (Å²) in [5.74, 6) is 0.629. The second kappa shape index (κ2) is 4.68. The van der Waals surface area contributed by atoms with Crippen LogP contribution in [0, 0.1) is 0 Å². The van der Waals surface area contributed by atoms with Gasteiger partial charge in [0, 0.05) is 19.9 Å². The van der Waals surface area contributed by atoms with Crippen LogP contribution in [0.1, 0.15) is 13.8 Å². The first-order valence-electron chi connectivity index (χ1n) is 4.64. The van der Waals surface area contributed by atoms with Gasteiger partial charge in [0.15, 0.2) is 0 Å². The average molecular weight is 230 g/mol. The van der Waals surface area contributed by atoms with Gasteiger partial charge in [-0.25, -0.2) is 4.98 Å². The number of anilines is 2. The first kappa shape index (κ1) is 12.1. The van der Waals surface area contributed by atoms with Gasteiger partial charge in [0.05, 0.1) is 16.3 Å². The molecule has 0 bridgehead atoms. The summed E-state index contributed by atoms with van der Waals surface area (Å²) < 4.78 is 5.27. The van der Waals surface area contributed by atoms with Gasteiger partial charge in [0.1, 0.15) is 5.82 Å². The normalized spacial score (nSPS) is 11.5. The Balaban J connectivity index is 2.66. The van der Waals surface area contributed by atoms with Crippen molar-refractivity contribution in [2.75, 3.05) is 24.7 Å². The summed E-state index contributed by atoms with van der Waals surface area (Å²) in [4.78, 5) is 4.09. The van der Waals surface area contributed by atoms with Crippen molar-refractivity contribution in [3.8, 4) is 0 Å². The first-order chi connectivity index (χ1) is 6.94. The number of hydrogen-bond acceptors (Lipinski definition) is 4. The zero-order valence-electron chi connectivity index (χ0n) is 9.17. The van der Waals surface area contributed by atoms with Crippen LogP contribution >= 0.6 is 11.6 Å². The van der Waals surface area contributed by atoms with Gasteiger partial charge < -0.3 is 15.8 Å². The van der Waals surface area contributed by atoms with Crippen LogP contribution in [-0.2, 0) is 4.74 Å². The highest BCUT2D eigenvalue weighted by molar-refractivity contribution is 6.30. The third-order valence-electron chi connectivity index (χ3n) is 2.12. The Morgan fingerprint density at radius 3 is 2.80 bits per heavy atom. The van der Waals surface area contributed by atoms with Crippen molar-refractivity contribution in [2.45, 2.75) is 19.4 Å². The standard InChI is InChI=1S/C10H16ClN3O/c1-10(2,15-3)6-14-9-8(12)4-7(11)5-13-9/h4-5H,6,12H2,1-3H3,(H,13,14). The Bertz CT molecular complexity index is 341. The third kappa shape index (κ3) is 3.57. The first-order valence-corrected chi connectivity index (χ1v) is 5.02. The quantitative estimate of drug-likeness (QED) is 0.831. The van der Waals surface area contributed by atoms with Crippen molar-refractivity contribution in [3.63, 3.8) is 0 Å². The van der Waals surface area contributed by atoms with Crippen LogP contribution in [0.2, 0.25) is 5.02 Å². The Kier molecular flexibility index (Phi) is 3.77. The number of ether oxygens (including phenoxy) is 1. The second-order valence-electron chi connectivity index (χ2n) is 3.91. The molecule has 0 aromatic carbocycles. The molecule has 1 rings (SSSR count). The number of pyridine rings is 1. The molecule has 0 radical (unpaired) electrons. The molecule has 0 unspecified atom stereocenters. The highest BCUT2D eigenvalue weighted by atomic mass is 35.5. The molecule has 1 heterocycles. The molecule has 0 aliphatic rings. The van der Waals surface area contributed by atoms with E-state index >= 15 is 0 Å². The number of aromatic nitrogens is 1. The van der Waals surface area contributed by atoms with Crippen molar-refractivity contribution in [1.82, 2.24) is 4.98 Å². The molecule has 4 nitrogen and oxygen atoms in total. The summed E-state index contributed by atoms with van der Waals surface area (Å²) in [6.45, 7) is 4.58. The summed E-state index contributed by atoms with van der Waals surface area (Å²) >= 11 is 5.74. The second-order valence-corrected chi connectivity index (χ2v) is 4.35. The number of nitrogen functional groups attached to an aromatic ring is 1. The van der Waals surface area contributed by atoms with Gasteiger partial charge in [0.2, 0.25) is 0 Å². The molecule has 3 N–H and O–H groups in total. The summed E-state index contributed by atoms with van der Waals surface area (Å²) in [5, 5.41) is 3.64. The van der Waals surface area contributed by atoms with Crippen molar-refractivity contribution in [2.24, 2.45) is 0 Å². The summed E-state index contributed by atoms with van der Waals surface area (Å²) in [5.41, 5.74) is 6.02. The Labute approximate surface area is 94.8 Å². The van der Waals surface area contributed by atoms with Gasteiger partial charge in [0.25, 0.3) is 0 Å². The molecule has 84 valence electrons. The van der Waals surface area contributed by atoms with E-state index in [-0.39, 0.29) is 5.60 Å². The fourth-order valence-corrected chi connectivity index (χ4v) is 1.14. The van der Waals surface area contributed by atoms with E-state index in [9.17, 15) is 0 Å². The van der Waals surface area contributed by atoms with Crippen molar-refractivity contribution in [1.29, 1.82) is 0 Å². The van der Waals surface area contributed by atoms with Gasteiger partial charge in [-0.05, 0) is 19.9 Å². The van der Waals surface area contributed by atoms with E-state index in [1.54, 1.807) is 19.4 Å². The predicted molar refractivity (Wildman–Crippen MR) is 63.2 cm³/mol. The summed E-state index contributed by atoms with van der Waals surface area (Å²) in [7, 11) is 1.67. The maximum atomic E-state index is 5.74. The minimum atomic E-state index is -0.256. The molecule has 15 heavy (non-hydrogen) atoms. The van der Waals surface area contributed by atoms with Gasteiger partial charge in [-0.3, -0.25) is 0 Å². The number of nitrogens with two attached hydrogens (primary N) is 1. The van der Waals surface area contributed by atoms with Gasteiger partial charge in [-0.1, -0.05) is 11.6 Å². The van der Waals surface area contributed by atoms with Crippen LogP contribution in [0.25, 0.3) is 0 Å². The molecule has 1 aromatic rings. The lowest BCUT2D eigenvalue weighted by molar-refractivity contribution is 0.0343. The zero-order valence-corrected chi connectivity index (χ0v) is 9.93. The molecule has 0 amide bonds. The number of rotatable bonds is 4. The smallest absolute Gasteiger partial charge is 0.149 e. The number of methoxy groups -OCH3 is 1. The van der Waals surface area contributed by atoms with E-state index in [4.69, 9.17) is 22.1 Å². The van der Waals surface area contributed by atoms with E-state index < -0.39 is 0 Å². The molecule has 0 spiro atoms. The number of hydrogen-bond donors (Lipinski definition) is 2. The van der Waals surface area contributed by atoms with Crippen LogP contribution in [0.4, 0.5) is 11.5 Å². The van der Waals surface area contributed by atoms with Crippen molar-refractivity contribution >= 4 is 23.1 Å². The SMILES string of the molecule is COC(C)(C)CNc1ncc(Cl)cc1N. The van der Waals surface area contributed by atoms with E-state index in [2.05, 4.69) is 10.3 Å². The molecule has 0 saturated heterocycles. The van der Waals surface area contributed by atoms with E-state index in [0.717, 1.165) is 0 Å². The lowest BCUT2D eigenvalue weighted by Gasteiger charge is -2.23. The number of nitrogens with zero attached hydrogens (tertiary/aromatic N) is 1. The molecular weight excluding hydrogens is 214 g/mol. The molecule has 0 aliphatic heterocycles. The van der Waals surface area contributed by atoms with Crippen molar-refractivity contribution < 1.29 is 4.74 Å². The van der Waals surface area contributed by atoms with Gasteiger partial charge in [-0.2, -0.15) is 0 Å². The van der Waals surface area contributed by atoms with E-state index in [1.807, 2.05) is 13.8 Å². The Hall–Kier alpha value is -1.00. The van der Waals surface area contributed by atoms with Crippen molar-refractivity contribution in [3.05, 3.63) is 17.3 Å². The molecule has 0 aliphatic carbocycles. The molecule has 0 fully saturated rings. The fraction of sp³-hybridized carbons (Fsp3) is 0.500.